The number of hydrogen-bond acceptors (Lipinski definition) is 2. The highest BCUT2D eigenvalue weighted by Gasteiger charge is 2.23. The average Bonchev–Trinajstić information content (AvgIpc) is 3.23. The summed E-state index contributed by atoms with van der Waals surface area (Å²) in [6.07, 6.45) is 0.296. The first-order valence-electron chi connectivity index (χ1n) is 6.24. The molecule has 2 aromatic carbocycles. The zero-order valence-electron chi connectivity index (χ0n) is 10.4. The number of epoxide rings is 1. The van der Waals surface area contributed by atoms with Crippen LogP contribution >= 0.6 is 0 Å². The van der Waals surface area contributed by atoms with E-state index in [1.807, 2.05) is 18.2 Å². The zero-order valence-corrected chi connectivity index (χ0v) is 10.4. The highest BCUT2D eigenvalue weighted by atomic mass is 16.6. The second-order valence-corrected chi connectivity index (χ2v) is 4.56. The summed E-state index contributed by atoms with van der Waals surface area (Å²) in [6, 6.07) is 16.6. The standard InChI is InChI=1S/C16H16O2/c1-12-15(13-6-3-2-4-7-13)8-5-9-16(12)18-11-14-10-17-14/h2-9,14H,10-11H2,1H3/t14-/m1/s1. The summed E-state index contributed by atoms with van der Waals surface area (Å²) in [4.78, 5) is 0. The van der Waals surface area contributed by atoms with Gasteiger partial charge in [0.25, 0.3) is 0 Å². The Balaban J connectivity index is 1.88. The number of benzene rings is 2. The van der Waals surface area contributed by atoms with Gasteiger partial charge in [-0.25, -0.2) is 0 Å². The highest BCUT2D eigenvalue weighted by molar-refractivity contribution is 5.69. The number of rotatable bonds is 4. The minimum Gasteiger partial charge on any atom is -0.490 e. The minimum absolute atomic E-state index is 0.296. The Kier molecular flexibility index (Phi) is 3.03. The van der Waals surface area contributed by atoms with Crippen molar-refractivity contribution in [2.45, 2.75) is 13.0 Å². The van der Waals surface area contributed by atoms with E-state index in [2.05, 4.69) is 37.3 Å². The van der Waals surface area contributed by atoms with E-state index in [0.717, 1.165) is 12.4 Å². The first-order valence-corrected chi connectivity index (χ1v) is 6.24. The second kappa shape index (κ2) is 4.83. The maximum absolute atomic E-state index is 5.80. The Morgan fingerprint density at radius 1 is 1.11 bits per heavy atom. The predicted octanol–water partition coefficient (Wildman–Crippen LogP) is 3.44. The van der Waals surface area contributed by atoms with Crippen molar-refractivity contribution in [2.24, 2.45) is 0 Å². The molecule has 1 heterocycles. The minimum atomic E-state index is 0.296. The van der Waals surface area contributed by atoms with Gasteiger partial charge in [-0.2, -0.15) is 0 Å². The molecular weight excluding hydrogens is 224 g/mol. The van der Waals surface area contributed by atoms with Crippen molar-refractivity contribution in [3.05, 3.63) is 54.1 Å². The van der Waals surface area contributed by atoms with Gasteiger partial charge in [-0.1, -0.05) is 42.5 Å². The van der Waals surface area contributed by atoms with Crippen LogP contribution < -0.4 is 4.74 Å². The van der Waals surface area contributed by atoms with Gasteiger partial charge in [-0.15, -0.1) is 0 Å². The molecule has 0 N–H and O–H groups in total. The summed E-state index contributed by atoms with van der Waals surface area (Å²) in [5.74, 6) is 0.951. The quantitative estimate of drug-likeness (QED) is 0.764. The molecule has 0 radical (unpaired) electrons. The van der Waals surface area contributed by atoms with Crippen LogP contribution in [0.1, 0.15) is 5.56 Å². The fourth-order valence-electron chi connectivity index (χ4n) is 2.05. The molecule has 0 spiro atoms. The van der Waals surface area contributed by atoms with Gasteiger partial charge in [0.15, 0.2) is 0 Å². The van der Waals surface area contributed by atoms with Gasteiger partial charge in [0.1, 0.15) is 18.5 Å². The molecule has 0 amide bonds. The van der Waals surface area contributed by atoms with Crippen LogP contribution in [0.2, 0.25) is 0 Å². The van der Waals surface area contributed by atoms with Gasteiger partial charge in [0.05, 0.1) is 6.61 Å². The molecule has 3 rings (SSSR count). The molecule has 1 fully saturated rings. The third-order valence-corrected chi connectivity index (χ3v) is 3.20. The molecule has 1 aliphatic rings. The van der Waals surface area contributed by atoms with Gasteiger partial charge in [-0.3, -0.25) is 0 Å². The highest BCUT2D eigenvalue weighted by Crippen LogP contribution is 2.30. The normalized spacial score (nSPS) is 17.5. The largest absolute Gasteiger partial charge is 0.490 e. The van der Waals surface area contributed by atoms with Gasteiger partial charge in [0, 0.05) is 0 Å². The molecule has 18 heavy (non-hydrogen) atoms. The van der Waals surface area contributed by atoms with Gasteiger partial charge in [-0.05, 0) is 29.7 Å². The van der Waals surface area contributed by atoms with Crippen LogP contribution in [0.4, 0.5) is 0 Å². The van der Waals surface area contributed by atoms with Crippen LogP contribution in [0, 0.1) is 6.92 Å². The van der Waals surface area contributed by atoms with Crippen LogP contribution in [0.5, 0.6) is 5.75 Å². The summed E-state index contributed by atoms with van der Waals surface area (Å²) in [5, 5.41) is 0. The van der Waals surface area contributed by atoms with E-state index >= 15 is 0 Å². The fourth-order valence-corrected chi connectivity index (χ4v) is 2.05. The molecule has 1 atom stereocenters. The Bertz CT molecular complexity index is 530. The third kappa shape index (κ3) is 2.39. The summed E-state index contributed by atoms with van der Waals surface area (Å²) < 4.78 is 11.0. The van der Waals surface area contributed by atoms with Crippen molar-refractivity contribution in [1.82, 2.24) is 0 Å². The molecule has 0 unspecified atom stereocenters. The SMILES string of the molecule is Cc1c(OC[C@H]2CO2)cccc1-c1ccccc1. The molecule has 2 heteroatoms. The summed E-state index contributed by atoms with van der Waals surface area (Å²) >= 11 is 0. The van der Waals surface area contributed by atoms with Crippen molar-refractivity contribution in [2.75, 3.05) is 13.2 Å². The van der Waals surface area contributed by atoms with E-state index in [-0.39, 0.29) is 0 Å². The Labute approximate surface area is 107 Å². The number of ether oxygens (including phenoxy) is 2. The molecule has 0 bridgehead atoms. The predicted molar refractivity (Wildman–Crippen MR) is 71.9 cm³/mol. The van der Waals surface area contributed by atoms with Crippen LogP contribution in [-0.4, -0.2) is 19.3 Å². The monoisotopic (exact) mass is 240 g/mol. The topological polar surface area (TPSA) is 21.8 Å². The molecule has 0 aromatic heterocycles. The van der Waals surface area contributed by atoms with Crippen molar-refractivity contribution in [1.29, 1.82) is 0 Å². The maximum atomic E-state index is 5.80. The van der Waals surface area contributed by atoms with E-state index in [0.29, 0.717) is 12.7 Å². The van der Waals surface area contributed by atoms with E-state index in [9.17, 15) is 0 Å². The summed E-state index contributed by atoms with van der Waals surface area (Å²) in [6.45, 7) is 3.59. The lowest BCUT2D eigenvalue weighted by atomic mass is 10.00. The van der Waals surface area contributed by atoms with Crippen LogP contribution in [0.15, 0.2) is 48.5 Å². The van der Waals surface area contributed by atoms with Crippen LogP contribution in [0.25, 0.3) is 11.1 Å². The van der Waals surface area contributed by atoms with Gasteiger partial charge in [0.2, 0.25) is 0 Å². The Morgan fingerprint density at radius 3 is 2.61 bits per heavy atom. The van der Waals surface area contributed by atoms with E-state index in [1.54, 1.807) is 0 Å². The second-order valence-electron chi connectivity index (χ2n) is 4.56. The molecule has 0 saturated carbocycles. The average molecular weight is 240 g/mol. The molecule has 1 saturated heterocycles. The lowest BCUT2D eigenvalue weighted by molar-refractivity contribution is 0.262. The summed E-state index contributed by atoms with van der Waals surface area (Å²) in [7, 11) is 0. The van der Waals surface area contributed by atoms with Crippen LogP contribution in [-0.2, 0) is 4.74 Å². The smallest absolute Gasteiger partial charge is 0.122 e. The molecule has 2 aromatic rings. The van der Waals surface area contributed by atoms with E-state index in [1.165, 1.54) is 16.7 Å². The third-order valence-electron chi connectivity index (χ3n) is 3.20. The lowest BCUT2D eigenvalue weighted by Gasteiger charge is -2.12. The fraction of sp³-hybridized carbons (Fsp3) is 0.250. The molecular formula is C16H16O2. The Hall–Kier alpha value is -1.80. The van der Waals surface area contributed by atoms with E-state index in [4.69, 9.17) is 9.47 Å². The first kappa shape index (κ1) is 11.3. The molecule has 92 valence electrons. The van der Waals surface area contributed by atoms with Crippen molar-refractivity contribution >= 4 is 0 Å². The molecule has 1 aliphatic heterocycles. The van der Waals surface area contributed by atoms with Crippen LogP contribution in [0.3, 0.4) is 0 Å². The number of hydrogen-bond donors (Lipinski definition) is 0. The van der Waals surface area contributed by atoms with E-state index < -0.39 is 0 Å². The van der Waals surface area contributed by atoms with Crippen molar-refractivity contribution < 1.29 is 9.47 Å². The van der Waals surface area contributed by atoms with Gasteiger partial charge >= 0.3 is 0 Å². The maximum Gasteiger partial charge on any atom is 0.122 e. The first-order chi connectivity index (χ1) is 8.84. The zero-order chi connectivity index (χ0) is 12.4. The van der Waals surface area contributed by atoms with Gasteiger partial charge < -0.3 is 9.47 Å². The Morgan fingerprint density at radius 2 is 1.89 bits per heavy atom. The summed E-state index contributed by atoms with van der Waals surface area (Å²) in [5.41, 5.74) is 3.64. The van der Waals surface area contributed by atoms with Crippen molar-refractivity contribution in [3.8, 4) is 16.9 Å². The molecule has 0 aliphatic carbocycles. The van der Waals surface area contributed by atoms with Crippen molar-refractivity contribution in [3.63, 3.8) is 0 Å². The lowest BCUT2D eigenvalue weighted by Crippen LogP contribution is -2.05. The molecule has 2 nitrogen and oxygen atoms in total.